The molecule has 2 atom stereocenters. The zero-order chi connectivity index (χ0) is 13.1. The third kappa shape index (κ3) is 3.69. The van der Waals surface area contributed by atoms with Crippen molar-refractivity contribution >= 4 is 0 Å². The van der Waals surface area contributed by atoms with Gasteiger partial charge in [-0.25, -0.2) is 0 Å². The Morgan fingerprint density at radius 3 is 2.58 bits per heavy atom. The number of likely N-dealkylation sites (N-methyl/N-ethyl adjacent to an activating group) is 1. The number of ether oxygens (including phenoxy) is 1. The van der Waals surface area contributed by atoms with Gasteiger partial charge in [0, 0.05) is 51.4 Å². The van der Waals surface area contributed by atoms with E-state index in [0.29, 0.717) is 12.1 Å². The number of hydrogen-bond acceptors (Lipinski definition) is 4. The van der Waals surface area contributed by atoms with E-state index in [-0.39, 0.29) is 0 Å². The first-order valence-corrected chi connectivity index (χ1v) is 8.14. The molecule has 3 aliphatic rings. The number of hydrogen-bond donors (Lipinski definition) is 1. The zero-order valence-electron chi connectivity index (χ0n) is 12.3. The molecule has 0 spiro atoms. The normalized spacial score (nSPS) is 34.6. The number of nitrogens with zero attached hydrogens (tertiary/aromatic N) is 2. The smallest absolute Gasteiger partial charge is 0.0637 e. The lowest BCUT2D eigenvalue weighted by atomic mass is 10.0. The summed E-state index contributed by atoms with van der Waals surface area (Å²) in [6, 6.07) is 1.23. The molecule has 1 saturated carbocycles. The van der Waals surface area contributed by atoms with Gasteiger partial charge < -0.3 is 15.0 Å². The van der Waals surface area contributed by atoms with Gasteiger partial charge in [-0.05, 0) is 31.7 Å². The maximum Gasteiger partial charge on any atom is 0.0637 e. The minimum absolute atomic E-state index is 0.594. The molecule has 19 heavy (non-hydrogen) atoms. The Hall–Kier alpha value is -0.160. The lowest BCUT2D eigenvalue weighted by Gasteiger charge is -2.44. The molecule has 0 bridgehead atoms. The molecule has 2 aliphatic heterocycles. The third-order valence-corrected chi connectivity index (χ3v) is 4.88. The summed E-state index contributed by atoms with van der Waals surface area (Å²) in [5, 5.41) is 3.65. The van der Waals surface area contributed by atoms with Crippen molar-refractivity contribution < 1.29 is 4.74 Å². The molecule has 3 fully saturated rings. The molecule has 3 rings (SSSR count). The topological polar surface area (TPSA) is 27.7 Å². The fraction of sp³-hybridized carbons (Fsp3) is 1.00. The van der Waals surface area contributed by atoms with Gasteiger partial charge in [0.1, 0.15) is 0 Å². The van der Waals surface area contributed by atoms with Crippen LogP contribution in [-0.2, 0) is 4.74 Å². The van der Waals surface area contributed by atoms with E-state index >= 15 is 0 Å². The molecule has 1 N–H and O–H groups in total. The first-order chi connectivity index (χ1) is 9.36. The first kappa shape index (κ1) is 13.8. The second-order valence-electron chi connectivity index (χ2n) is 6.38. The van der Waals surface area contributed by atoms with E-state index in [4.69, 9.17) is 4.74 Å². The highest BCUT2D eigenvalue weighted by Crippen LogP contribution is 2.30. The van der Waals surface area contributed by atoms with Crippen molar-refractivity contribution in [2.24, 2.45) is 5.92 Å². The molecule has 0 aromatic heterocycles. The van der Waals surface area contributed by atoms with Gasteiger partial charge in [-0.1, -0.05) is 6.92 Å². The van der Waals surface area contributed by atoms with E-state index in [0.717, 1.165) is 25.7 Å². The first-order valence-electron chi connectivity index (χ1n) is 8.14. The van der Waals surface area contributed by atoms with Gasteiger partial charge in [0.05, 0.1) is 6.61 Å². The summed E-state index contributed by atoms with van der Waals surface area (Å²) >= 11 is 0. The summed E-state index contributed by atoms with van der Waals surface area (Å²) in [4.78, 5) is 5.33. The Bertz CT molecular complexity index is 273. The van der Waals surface area contributed by atoms with Gasteiger partial charge in [0.25, 0.3) is 0 Å². The maximum atomic E-state index is 5.72. The molecule has 4 nitrogen and oxygen atoms in total. The molecule has 2 saturated heterocycles. The average molecular weight is 267 g/mol. The van der Waals surface area contributed by atoms with Crippen LogP contribution in [0.4, 0.5) is 0 Å². The zero-order valence-corrected chi connectivity index (χ0v) is 12.3. The van der Waals surface area contributed by atoms with E-state index < -0.39 is 0 Å². The summed E-state index contributed by atoms with van der Waals surface area (Å²) in [7, 11) is 0. The lowest BCUT2D eigenvalue weighted by molar-refractivity contribution is -0.0201. The number of rotatable bonds is 5. The van der Waals surface area contributed by atoms with Gasteiger partial charge in [0.2, 0.25) is 0 Å². The fourth-order valence-electron chi connectivity index (χ4n) is 3.53. The van der Waals surface area contributed by atoms with E-state index in [1.54, 1.807) is 0 Å². The predicted molar refractivity (Wildman–Crippen MR) is 77.4 cm³/mol. The van der Waals surface area contributed by atoms with Crippen molar-refractivity contribution in [2.75, 3.05) is 52.5 Å². The highest BCUT2D eigenvalue weighted by atomic mass is 16.5. The Balaban J connectivity index is 1.48. The minimum atomic E-state index is 0.594. The summed E-state index contributed by atoms with van der Waals surface area (Å²) < 4.78 is 5.72. The highest BCUT2D eigenvalue weighted by Gasteiger charge is 2.33. The SMILES string of the molecule is CCNC1CCOCC1N1CCN(CC2CC2)CC1. The Morgan fingerprint density at radius 1 is 1.11 bits per heavy atom. The van der Waals surface area contributed by atoms with Gasteiger partial charge >= 0.3 is 0 Å². The molecule has 2 unspecified atom stereocenters. The molecule has 0 radical (unpaired) electrons. The van der Waals surface area contributed by atoms with Crippen molar-refractivity contribution in [3.63, 3.8) is 0 Å². The van der Waals surface area contributed by atoms with Gasteiger partial charge in [-0.2, -0.15) is 0 Å². The minimum Gasteiger partial charge on any atom is -0.380 e. The van der Waals surface area contributed by atoms with E-state index in [2.05, 4.69) is 22.0 Å². The van der Waals surface area contributed by atoms with Crippen LogP contribution < -0.4 is 5.32 Å². The van der Waals surface area contributed by atoms with Gasteiger partial charge in [0.15, 0.2) is 0 Å². The molecule has 1 aliphatic carbocycles. The second kappa shape index (κ2) is 6.53. The summed E-state index contributed by atoms with van der Waals surface area (Å²) in [5.41, 5.74) is 0. The Labute approximate surface area is 117 Å². The fourth-order valence-corrected chi connectivity index (χ4v) is 3.53. The molecular weight excluding hydrogens is 238 g/mol. The molecule has 0 aromatic rings. The monoisotopic (exact) mass is 267 g/mol. The summed E-state index contributed by atoms with van der Waals surface area (Å²) in [5.74, 6) is 1.03. The number of piperazine rings is 1. The van der Waals surface area contributed by atoms with Crippen LogP contribution in [0.1, 0.15) is 26.2 Å². The lowest BCUT2D eigenvalue weighted by Crippen LogP contribution is -2.60. The largest absolute Gasteiger partial charge is 0.380 e. The van der Waals surface area contributed by atoms with Crippen molar-refractivity contribution in [2.45, 2.75) is 38.3 Å². The molecule has 0 amide bonds. The van der Waals surface area contributed by atoms with Crippen molar-refractivity contribution in [1.82, 2.24) is 15.1 Å². The van der Waals surface area contributed by atoms with Crippen LogP contribution in [0.3, 0.4) is 0 Å². The van der Waals surface area contributed by atoms with Crippen LogP contribution >= 0.6 is 0 Å². The van der Waals surface area contributed by atoms with E-state index in [1.165, 1.54) is 52.0 Å². The maximum absolute atomic E-state index is 5.72. The van der Waals surface area contributed by atoms with Crippen LogP contribution in [0.2, 0.25) is 0 Å². The summed E-state index contributed by atoms with van der Waals surface area (Å²) in [6.07, 6.45) is 4.11. The average Bonchev–Trinajstić information content (AvgIpc) is 3.25. The number of nitrogens with one attached hydrogen (secondary N) is 1. The molecule has 0 aromatic carbocycles. The molecular formula is C15H29N3O. The standard InChI is InChI=1S/C15H29N3O/c1-2-16-14-5-10-19-12-15(14)18-8-6-17(7-9-18)11-13-3-4-13/h13-16H,2-12H2,1H3. The Kier molecular flexibility index (Phi) is 4.74. The Morgan fingerprint density at radius 2 is 1.89 bits per heavy atom. The van der Waals surface area contributed by atoms with Crippen LogP contribution in [0.15, 0.2) is 0 Å². The van der Waals surface area contributed by atoms with Crippen LogP contribution in [-0.4, -0.2) is 74.4 Å². The van der Waals surface area contributed by atoms with E-state index in [9.17, 15) is 0 Å². The predicted octanol–water partition coefficient (Wildman–Crippen LogP) is 0.781. The van der Waals surface area contributed by atoms with E-state index in [1.807, 2.05) is 0 Å². The van der Waals surface area contributed by atoms with Crippen molar-refractivity contribution in [3.05, 3.63) is 0 Å². The van der Waals surface area contributed by atoms with Crippen LogP contribution in [0.25, 0.3) is 0 Å². The van der Waals surface area contributed by atoms with Gasteiger partial charge in [-0.15, -0.1) is 0 Å². The van der Waals surface area contributed by atoms with Crippen molar-refractivity contribution in [1.29, 1.82) is 0 Å². The van der Waals surface area contributed by atoms with Crippen LogP contribution in [0.5, 0.6) is 0 Å². The molecule has 2 heterocycles. The van der Waals surface area contributed by atoms with Crippen LogP contribution in [0, 0.1) is 5.92 Å². The summed E-state index contributed by atoms with van der Waals surface area (Å²) in [6.45, 7) is 11.4. The highest BCUT2D eigenvalue weighted by molar-refractivity contribution is 4.90. The third-order valence-electron chi connectivity index (χ3n) is 4.88. The quantitative estimate of drug-likeness (QED) is 0.797. The van der Waals surface area contributed by atoms with Gasteiger partial charge in [-0.3, -0.25) is 4.90 Å². The molecule has 110 valence electrons. The second-order valence-corrected chi connectivity index (χ2v) is 6.38. The molecule has 4 heteroatoms. The van der Waals surface area contributed by atoms with Crippen molar-refractivity contribution in [3.8, 4) is 0 Å².